The summed E-state index contributed by atoms with van der Waals surface area (Å²) in [6.45, 7) is 0.183. The van der Waals surface area contributed by atoms with Crippen LogP contribution in [0, 0.1) is 0 Å². The summed E-state index contributed by atoms with van der Waals surface area (Å²) in [6.07, 6.45) is -4.75. The van der Waals surface area contributed by atoms with E-state index in [-0.39, 0.29) is 17.7 Å². The van der Waals surface area contributed by atoms with E-state index in [4.69, 9.17) is 5.73 Å². The summed E-state index contributed by atoms with van der Waals surface area (Å²) in [5.41, 5.74) is 4.41. The van der Waals surface area contributed by atoms with E-state index < -0.39 is 29.5 Å². The molecule has 0 bridgehead atoms. The van der Waals surface area contributed by atoms with Crippen LogP contribution in [0.1, 0.15) is 37.8 Å². The van der Waals surface area contributed by atoms with Gasteiger partial charge in [0, 0.05) is 17.0 Å². The van der Waals surface area contributed by atoms with Crippen LogP contribution in [0.25, 0.3) is 0 Å². The predicted molar refractivity (Wildman–Crippen MR) is 104 cm³/mol. The van der Waals surface area contributed by atoms with E-state index in [1.807, 2.05) is 30.3 Å². The molecule has 2 amide bonds. The van der Waals surface area contributed by atoms with Gasteiger partial charge in [0.2, 0.25) is 11.8 Å². The van der Waals surface area contributed by atoms with Gasteiger partial charge in [-0.15, -0.1) is 11.3 Å². The third-order valence-corrected chi connectivity index (χ3v) is 5.29. The Bertz CT molecular complexity index is 1000. The average molecular weight is 418 g/mol. The summed E-state index contributed by atoms with van der Waals surface area (Å²) in [6, 6.07) is 15.4. The van der Waals surface area contributed by atoms with Crippen LogP contribution in [0.4, 0.5) is 13.2 Å². The molecule has 0 radical (unpaired) electrons. The van der Waals surface area contributed by atoms with Gasteiger partial charge in [-0.2, -0.15) is 13.2 Å². The van der Waals surface area contributed by atoms with E-state index in [9.17, 15) is 22.8 Å². The van der Waals surface area contributed by atoms with Crippen LogP contribution in [0.3, 0.4) is 0 Å². The molecule has 0 aliphatic heterocycles. The maximum Gasteiger partial charge on any atom is 0.416 e. The number of benzene rings is 2. The molecule has 1 aromatic heterocycles. The van der Waals surface area contributed by atoms with Crippen molar-refractivity contribution < 1.29 is 22.8 Å². The quantitative estimate of drug-likeness (QED) is 0.626. The number of amides is 2. The topological polar surface area (TPSA) is 72.2 Å². The highest BCUT2D eigenvalue weighted by Gasteiger charge is 2.38. The van der Waals surface area contributed by atoms with Crippen molar-refractivity contribution in [3.8, 4) is 0 Å². The van der Waals surface area contributed by atoms with Gasteiger partial charge in [0.1, 0.15) is 0 Å². The van der Waals surface area contributed by atoms with Gasteiger partial charge in [0.25, 0.3) is 0 Å². The van der Waals surface area contributed by atoms with Crippen LogP contribution < -0.4 is 11.1 Å². The Morgan fingerprint density at radius 2 is 1.76 bits per heavy atom. The van der Waals surface area contributed by atoms with Crippen molar-refractivity contribution >= 4 is 23.2 Å². The monoisotopic (exact) mass is 418 g/mol. The Morgan fingerprint density at radius 1 is 1.03 bits per heavy atom. The Hall–Kier alpha value is -3.13. The summed E-state index contributed by atoms with van der Waals surface area (Å²) in [5.74, 6) is -2.70. The average Bonchev–Trinajstić information content (AvgIpc) is 3.21. The number of thiophene rings is 1. The van der Waals surface area contributed by atoms with E-state index in [1.54, 1.807) is 17.5 Å². The number of halogens is 3. The summed E-state index contributed by atoms with van der Waals surface area (Å²) in [7, 11) is 0. The summed E-state index contributed by atoms with van der Waals surface area (Å²) in [4.78, 5) is 24.8. The molecule has 2 aromatic carbocycles. The molecule has 3 aromatic rings. The lowest BCUT2D eigenvalue weighted by atomic mass is 9.90. The zero-order chi connectivity index (χ0) is 21.0. The van der Waals surface area contributed by atoms with Crippen LogP contribution in [0.2, 0.25) is 0 Å². The smallest absolute Gasteiger partial charge is 0.366 e. The van der Waals surface area contributed by atoms with Crippen molar-refractivity contribution in [2.45, 2.75) is 18.6 Å². The molecular formula is C21H17F3N2O2S. The van der Waals surface area contributed by atoms with E-state index >= 15 is 0 Å². The van der Waals surface area contributed by atoms with Crippen molar-refractivity contribution in [1.29, 1.82) is 0 Å². The maximum absolute atomic E-state index is 13.7. The van der Waals surface area contributed by atoms with E-state index in [0.29, 0.717) is 10.9 Å². The molecule has 3 N–H and O–H groups in total. The fourth-order valence-corrected chi connectivity index (χ4v) is 3.81. The van der Waals surface area contributed by atoms with Crippen molar-refractivity contribution in [2.75, 3.05) is 0 Å². The van der Waals surface area contributed by atoms with Crippen molar-refractivity contribution in [3.05, 3.63) is 93.2 Å². The van der Waals surface area contributed by atoms with Crippen molar-refractivity contribution in [2.24, 2.45) is 5.73 Å². The van der Waals surface area contributed by atoms with E-state index in [0.717, 1.165) is 11.6 Å². The molecule has 0 saturated carbocycles. The number of nitrogens with two attached hydrogens (primary N) is 1. The Morgan fingerprint density at radius 3 is 2.34 bits per heavy atom. The molecule has 1 unspecified atom stereocenters. The zero-order valence-electron chi connectivity index (χ0n) is 15.1. The molecule has 0 spiro atoms. The summed E-state index contributed by atoms with van der Waals surface area (Å²) < 4.78 is 41.2. The second-order valence-electron chi connectivity index (χ2n) is 6.32. The molecular weight excluding hydrogens is 401 g/mol. The van der Waals surface area contributed by atoms with Gasteiger partial charge in [-0.1, -0.05) is 42.5 Å². The van der Waals surface area contributed by atoms with Gasteiger partial charge in [0.05, 0.1) is 11.5 Å². The number of hydrogen-bond acceptors (Lipinski definition) is 3. The van der Waals surface area contributed by atoms with Crippen LogP contribution in [-0.2, 0) is 17.5 Å². The van der Waals surface area contributed by atoms with Gasteiger partial charge in [-0.05, 0) is 34.7 Å². The highest BCUT2D eigenvalue weighted by atomic mass is 32.1. The van der Waals surface area contributed by atoms with Crippen molar-refractivity contribution in [3.63, 3.8) is 0 Å². The van der Waals surface area contributed by atoms with Crippen LogP contribution in [0.5, 0.6) is 0 Å². The number of nitrogens with one attached hydrogen (secondary N) is 1. The van der Waals surface area contributed by atoms with Gasteiger partial charge < -0.3 is 11.1 Å². The Kier molecular flexibility index (Phi) is 6.03. The highest BCUT2D eigenvalue weighted by molar-refractivity contribution is 7.10. The molecule has 0 saturated heterocycles. The SMILES string of the molecule is NC(=O)c1ccc(C(C(=O)NCc2ccccc2)c2cccs2)c(C(F)(F)F)c1. The lowest BCUT2D eigenvalue weighted by Gasteiger charge is -2.21. The number of primary amides is 1. The largest absolute Gasteiger partial charge is 0.416 e. The van der Waals surface area contributed by atoms with E-state index in [2.05, 4.69) is 5.32 Å². The molecule has 0 aliphatic rings. The third-order valence-electron chi connectivity index (χ3n) is 4.35. The lowest BCUT2D eigenvalue weighted by molar-refractivity contribution is -0.138. The molecule has 8 heteroatoms. The molecule has 3 rings (SSSR count). The van der Waals surface area contributed by atoms with Crippen LogP contribution in [-0.4, -0.2) is 11.8 Å². The number of carbonyl (C=O) groups excluding carboxylic acids is 2. The van der Waals surface area contributed by atoms with Gasteiger partial charge in [-0.25, -0.2) is 0 Å². The third kappa shape index (κ3) is 4.83. The fourth-order valence-electron chi connectivity index (χ4n) is 2.97. The zero-order valence-corrected chi connectivity index (χ0v) is 15.9. The summed E-state index contributed by atoms with van der Waals surface area (Å²) >= 11 is 1.19. The van der Waals surface area contributed by atoms with E-state index in [1.165, 1.54) is 17.4 Å². The Balaban J connectivity index is 2.01. The first kappa shape index (κ1) is 20.6. The first-order valence-electron chi connectivity index (χ1n) is 8.63. The second kappa shape index (κ2) is 8.48. The van der Waals surface area contributed by atoms with Gasteiger partial charge >= 0.3 is 6.18 Å². The first-order valence-corrected chi connectivity index (χ1v) is 9.51. The fraction of sp³-hybridized carbons (Fsp3) is 0.143. The second-order valence-corrected chi connectivity index (χ2v) is 7.30. The highest BCUT2D eigenvalue weighted by Crippen LogP contribution is 2.39. The molecule has 1 heterocycles. The number of hydrogen-bond donors (Lipinski definition) is 2. The minimum absolute atomic E-state index is 0.183. The lowest BCUT2D eigenvalue weighted by Crippen LogP contribution is -2.30. The normalized spacial score (nSPS) is 12.4. The molecule has 0 aliphatic carbocycles. The number of rotatable bonds is 6. The van der Waals surface area contributed by atoms with Gasteiger partial charge in [0.15, 0.2) is 0 Å². The molecule has 29 heavy (non-hydrogen) atoms. The van der Waals surface area contributed by atoms with Crippen LogP contribution in [0.15, 0.2) is 66.0 Å². The van der Waals surface area contributed by atoms with Crippen molar-refractivity contribution in [1.82, 2.24) is 5.32 Å². The molecule has 4 nitrogen and oxygen atoms in total. The standard InChI is InChI=1S/C21H17F3N2O2S/c22-21(23,24)16-11-14(19(25)27)8-9-15(16)18(17-7-4-10-29-17)20(28)26-12-13-5-2-1-3-6-13/h1-11,18H,12H2,(H2,25,27)(H,26,28). The maximum atomic E-state index is 13.7. The van der Waals surface area contributed by atoms with Crippen LogP contribution >= 0.6 is 11.3 Å². The Labute approximate surface area is 169 Å². The molecule has 0 fully saturated rings. The minimum Gasteiger partial charge on any atom is -0.366 e. The number of carbonyl (C=O) groups is 2. The summed E-state index contributed by atoms with van der Waals surface area (Å²) in [5, 5.41) is 4.40. The molecule has 1 atom stereocenters. The van der Waals surface area contributed by atoms with Gasteiger partial charge in [-0.3, -0.25) is 9.59 Å². The predicted octanol–water partition coefficient (Wildman–Crippen LogP) is 4.31. The molecule has 150 valence electrons. The number of alkyl halides is 3. The minimum atomic E-state index is -4.75. The first-order chi connectivity index (χ1) is 13.8.